The molecule has 0 saturated carbocycles. The summed E-state index contributed by atoms with van der Waals surface area (Å²) in [4.78, 5) is 5.14. The zero-order valence-corrected chi connectivity index (χ0v) is 21.0. The van der Waals surface area contributed by atoms with Gasteiger partial charge in [-0.25, -0.2) is 0 Å². The Hall–Kier alpha value is -2.46. The number of benzene rings is 3. The number of aliphatic hydroxyl groups excluding tert-OH is 1. The molecule has 2 aliphatic heterocycles. The predicted octanol–water partition coefficient (Wildman–Crippen LogP) is 6.01. The molecule has 184 valence electrons. The predicted molar refractivity (Wildman–Crippen MR) is 144 cm³/mol. The van der Waals surface area contributed by atoms with Crippen molar-refractivity contribution in [1.82, 2.24) is 9.80 Å². The second-order valence-electron chi connectivity index (χ2n) is 10.6. The van der Waals surface area contributed by atoms with Crippen LogP contribution in [0.5, 0.6) is 0 Å². The number of rotatable bonds is 8. The third-order valence-corrected chi connectivity index (χ3v) is 8.06. The van der Waals surface area contributed by atoms with Crippen molar-refractivity contribution in [3.8, 4) is 0 Å². The van der Waals surface area contributed by atoms with Gasteiger partial charge in [-0.2, -0.15) is 0 Å². The largest absolute Gasteiger partial charge is 0.388 e. The first-order valence-electron chi connectivity index (χ1n) is 13.6. The number of nitrogens with zero attached hydrogens (tertiary/aromatic N) is 2. The molecule has 3 nitrogen and oxygen atoms in total. The zero-order valence-electron chi connectivity index (χ0n) is 21.0. The summed E-state index contributed by atoms with van der Waals surface area (Å²) in [7, 11) is 0. The zero-order chi connectivity index (χ0) is 23.9. The quantitative estimate of drug-likeness (QED) is 0.438. The Kier molecular flexibility index (Phi) is 8.30. The highest BCUT2D eigenvalue weighted by Gasteiger charge is 2.21. The Labute approximate surface area is 211 Å². The molecule has 3 heteroatoms. The molecule has 1 saturated heterocycles. The Morgan fingerprint density at radius 1 is 0.686 bits per heavy atom. The van der Waals surface area contributed by atoms with Gasteiger partial charge in [0.2, 0.25) is 0 Å². The summed E-state index contributed by atoms with van der Waals surface area (Å²) in [6.07, 6.45) is 6.33. The van der Waals surface area contributed by atoms with Crippen LogP contribution in [-0.4, -0.2) is 41.1 Å². The van der Waals surface area contributed by atoms with Gasteiger partial charge in [-0.1, -0.05) is 78.9 Å². The van der Waals surface area contributed by atoms with Crippen LogP contribution in [0.3, 0.4) is 0 Å². The van der Waals surface area contributed by atoms with Gasteiger partial charge >= 0.3 is 0 Å². The molecule has 2 heterocycles. The molecular weight excluding hydrogens is 428 g/mol. The molecule has 0 bridgehead atoms. The van der Waals surface area contributed by atoms with E-state index in [9.17, 15) is 5.11 Å². The summed E-state index contributed by atoms with van der Waals surface area (Å²) in [6.45, 7) is 6.63. The number of hydrogen-bond donors (Lipinski definition) is 1. The SMILES string of the molecule is OC(CCC1CCN(Cc2ccccc2)CC1)c1ccc2c(c1)CCN(Cc1ccccc1)CC2. The summed E-state index contributed by atoms with van der Waals surface area (Å²) < 4.78 is 0. The summed E-state index contributed by atoms with van der Waals surface area (Å²) in [5.41, 5.74) is 6.81. The Morgan fingerprint density at radius 3 is 1.89 bits per heavy atom. The van der Waals surface area contributed by atoms with Gasteiger partial charge in [0.15, 0.2) is 0 Å². The molecule has 3 aromatic carbocycles. The highest BCUT2D eigenvalue weighted by atomic mass is 16.3. The van der Waals surface area contributed by atoms with Gasteiger partial charge in [-0.05, 0) is 85.3 Å². The average molecular weight is 469 g/mol. The molecule has 1 atom stereocenters. The van der Waals surface area contributed by atoms with Crippen molar-refractivity contribution in [3.05, 3.63) is 107 Å². The van der Waals surface area contributed by atoms with E-state index in [4.69, 9.17) is 0 Å². The number of aliphatic hydroxyl groups is 1. The van der Waals surface area contributed by atoms with Crippen LogP contribution in [0.2, 0.25) is 0 Å². The Bertz CT molecular complexity index is 1040. The number of likely N-dealkylation sites (tertiary alicyclic amines) is 1. The molecule has 0 spiro atoms. The van der Waals surface area contributed by atoms with Gasteiger partial charge in [0.05, 0.1) is 6.10 Å². The molecule has 35 heavy (non-hydrogen) atoms. The minimum absolute atomic E-state index is 0.341. The van der Waals surface area contributed by atoms with Crippen molar-refractivity contribution in [1.29, 1.82) is 0 Å². The normalized spacial score (nSPS) is 18.7. The molecule has 1 unspecified atom stereocenters. The third-order valence-electron chi connectivity index (χ3n) is 8.06. The minimum Gasteiger partial charge on any atom is -0.388 e. The molecule has 0 aromatic heterocycles. The van der Waals surface area contributed by atoms with Crippen LogP contribution in [0.25, 0.3) is 0 Å². The topological polar surface area (TPSA) is 26.7 Å². The molecule has 2 aliphatic rings. The summed E-state index contributed by atoms with van der Waals surface area (Å²) in [5, 5.41) is 11.0. The van der Waals surface area contributed by atoms with E-state index >= 15 is 0 Å². The molecular formula is C32H40N2O. The lowest BCUT2D eigenvalue weighted by atomic mass is 9.89. The lowest BCUT2D eigenvalue weighted by molar-refractivity contribution is 0.132. The monoisotopic (exact) mass is 468 g/mol. The van der Waals surface area contributed by atoms with Gasteiger partial charge in [-0.3, -0.25) is 9.80 Å². The fourth-order valence-electron chi connectivity index (χ4n) is 5.83. The third kappa shape index (κ3) is 6.82. The fourth-order valence-corrected chi connectivity index (χ4v) is 5.83. The summed E-state index contributed by atoms with van der Waals surface area (Å²) in [5.74, 6) is 0.740. The second kappa shape index (κ2) is 12.0. The van der Waals surface area contributed by atoms with Gasteiger partial charge in [0, 0.05) is 26.2 Å². The van der Waals surface area contributed by atoms with Crippen molar-refractivity contribution in [2.45, 2.75) is 57.7 Å². The minimum atomic E-state index is -0.341. The number of fused-ring (bicyclic) bond motifs is 1. The highest BCUT2D eigenvalue weighted by Crippen LogP contribution is 2.29. The maximum atomic E-state index is 11.0. The van der Waals surface area contributed by atoms with E-state index in [0.717, 1.165) is 63.3 Å². The van der Waals surface area contributed by atoms with Crippen LogP contribution < -0.4 is 0 Å². The molecule has 5 rings (SSSR count). The van der Waals surface area contributed by atoms with E-state index in [-0.39, 0.29) is 6.10 Å². The first-order chi connectivity index (χ1) is 17.2. The lowest BCUT2D eigenvalue weighted by Crippen LogP contribution is -2.33. The average Bonchev–Trinajstić information content (AvgIpc) is 3.11. The second-order valence-corrected chi connectivity index (χ2v) is 10.6. The number of hydrogen-bond acceptors (Lipinski definition) is 3. The van der Waals surface area contributed by atoms with Gasteiger partial charge in [0.25, 0.3) is 0 Å². The first kappa shape index (κ1) is 24.2. The molecule has 1 N–H and O–H groups in total. The molecule has 0 radical (unpaired) electrons. The lowest BCUT2D eigenvalue weighted by Gasteiger charge is -2.32. The van der Waals surface area contributed by atoms with Crippen molar-refractivity contribution in [3.63, 3.8) is 0 Å². The van der Waals surface area contributed by atoms with E-state index in [2.05, 4.69) is 88.7 Å². The summed E-state index contributed by atoms with van der Waals surface area (Å²) in [6, 6.07) is 28.4. The van der Waals surface area contributed by atoms with Crippen molar-refractivity contribution < 1.29 is 5.11 Å². The molecule has 0 aliphatic carbocycles. The van der Waals surface area contributed by atoms with Crippen molar-refractivity contribution >= 4 is 0 Å². The fraction of sp³-hybridized carbons (Fsp3) is 0.438. The summed E-state index contributed by atoms with van der Waals surface area (Å²) >= 11 is 0. The number of piperidine rings is 1. The van der Waals surface area contributed by atoms with Crippen LogP contribution in [0, 0.1) is 5.92 Å². The van der Waals surface area contributed by atoms with E-state index in [1.165, 1.54) is 48.2 Å². The maximum Gasteiger partial charge on any atom is 0.0790 e. The first-order valence-corrected chi connectivity index (χ1v) is 13.6. The standard InChI is InChI=1S/C32H40N2O/c35-32(14-11-26-15-19-33(20-16-26)24-27-7-3-1-4-8-27)31-13-12-29-17-21-34(22-18-30(29)23-31)25-28-9-5-2-6-10-28/h1-10,12-13,23,26,32,35H,11,14-22,24-25H2. The van der Waals surface area contributed by atoms with Gasteiger partial charge < -0.3 is 5.11 Å². The van der Waals surface area contributed by atoms with Gasteiger partial charge in [0.1, 0.15) is 0 Å². The van der Waals surface area contributed by atoms with E-state index in [1.807, 2.05) is 0 Å². The maximum absolute atomic E-state index is 11.0. The molecule has 0 amide bonds. The molecule has 3 aromatic rings. The smallest absolute Gasteiger partial charge is 0.0790 e. The Morgan fingerprint density at radius 2 is 1.26 bits per heavy atom. The Balaban J connectivity index is 1.08. The van der Waals surface area contributed by atoms with E-state index in [1.54, 1.807) is 0 Å². The highest BCUT2D eigenvalue weighted by molar-refractivity contribution is 5.34. The van der Waals surface area contributed by atoms with Crippen molar-refractivity contribution in [2.24, 2.45) is 5.92 Å². The van der Waals surface area contributed by atoms with Crippen LogP contribution in [-0.2, 0) is 25.9 Å². The van der Waals surface area contributed by atoms with Gasteiger partial charge in [-0.15, -0.1) is 0 Å². The van der Waals surface area contributed by atoms with Crippen LogP contribution in [0.1, 0.15) is 59.6 Å². The molecule has 1 fully saturated rings. The van der Waals surface area contributed by atoms with Crippen molar-refractivity contribution in [2.75, 3.05) is 26.2 Å². The van der Waals surface area contributed by atoms with E-state index in [0.29, 0.717) is 0 Å². The van der Waals surface area contributed by atoms with Crippen LogP contribution in [0.4, 0.5) is 0 Å². The van der Waals surface area contributed by atoms with E-state index < -0.39 is 0 Å². The van der Waals surface area contributed by atoms with Crippen LogP contribution in [0.15, 0.2) is 78.9 Å². The van der Waals surface area contributed by atoms with Crippen LogP contribution >= 0.6 is 0 Å².